The Bertz CT molecular complexity index is 1740. The van der Waals surface area contributed by atoms with Crippen LogP contribution >= 0.6 is 11.3 Å². The standard InChI is InChI=1S/C30H26N4O3S/c1-17-9-10-20(15-22(17)25-26(28(36)27(25)35)33-19-5-4-6-19)34-30(37)29-24(12-14-38-29)32-16-18-11-13-31-23-8-3-2-7-21(18)23/h2-3,7-15,19,32-33H,4-6,16H2,1H3,(H,34,37). The molecule has 3 N–H and O–H groups in total. The fourth-order valence-corrected chi connectivity index (χ4v) is 5.59. The number of hydrogen-bond acceptors (Lipinski definition) is 7. The molecule has 8 heteroatoms. The predicted octanol–water partition coefficient (Wildman–Crippen LogP) is 5.70. The van der Waals surface area contributed by atoms with E-state index in [0.717, 1.165) is 47.0 Å². The minimum absolute atomic E-state index is 0.241. The van der Waals surface area contributed by atoms with Crippen LogP contribution < -0.4 is 26.8 Å². The van der Waals surface area contributed by atoms with Gasteiger partial charge in [-0.2, -0.15) is 0 Å². The van der Waals surface area contributed by atoms with Crippen LogP contribution in [0.5, 0.6) is 0 Å². The smallest absolute Gasteiger partial charge is 0.267 e. The van der Waals surface area contributed by atoms with Crippen LogP contribution in [0.4, 0.5) is 17.1 Å². The number of nitrogens with one attached hydrogen (secondary N) is 3. The van der Waals surface area contributed by atoms with E-state index in [1.54, 1.807) is 12.3 Å². The molecule has 0 saturated heterocycles. The second-order valence-corrected chi connectivity index (χ2v) is 10.6. The maximum Gasteiger partial charge on any atom is 0.267 e. The van der Waals surface area contributed by atoms with Gasteiger partial charge in [0.25, 0.3) is 5.91 Å². The van der Waals surface area contributed by atoms with Crippen LogP contribution in [-0.4, -0.2) is 16.9 Å². The van der Waals surface area contributed by atoms with Crippen molar-refractivity contribution in [2.75, 3.05) is 16.0 Å². The largest absolute Gasteiger partial charge is 0.380 e. The lowest BCUT2D eigenvalue weighted by Crippen LogP contribution is -2.40. The molecule has 1 fully saturated rings. The van der Waals surface area contributed by atoms with E-state index in [2.05, 4.69) is 20.9 Å². The number of carbonyl (C=O) groups excluding carboxylic acids is 1. The number of fused-ring (bicyclic) bond motifs is 1. The summed E-state index contributed by atoms with van der Waals surface area (Å²) in [6.45, 7) is 2.45. The summed E-state index contributed by atoms with van der Waals surface area (Å²) in [6, 6.07) is 17.5. The zero-order valence-electron chi connectivity index (χ0n) is 20.8. The van der Waals surface area contributed by atoms with Gasteiger partial charge in [-0.15, -0.1) is 11.3 Å². The van der Waals surface area contributed by atoms with Gasteiger partial charge in [-0.05, 0) is 78.6 Å². The lowest BCUT2D eigenvalue weighted by atomic mass is 9.90. The Kier molecular flexibility index (Phi) is 6.25. The molecule has 0 bridgehead atoms. The van der Waals surface area contributed by atoms with Gasteiger partial charge < -0.3 is 16.0 Å². The van der Waals surface area contributed by atoms with E-state index in [-0.39, 0.29) is 11.9 Å². The number of benzene rings is 2. The van der Waals surface area contributed by atoms with Crippen LogP contribution in [0.3, 0.4) is 0 Å². The quantitative estimate of drug-likeness (QED) is 0.226. The number of carbonyl (C=O) groups is 1. The third kappa shape index (κ3) is 4.37. The monoisotopic (exact) mass is 522 g/mol. The summed E-state index contributed by atoms with van der Waals surface area (Å²) in [5.41, 5.74) is 4.75. The number of para-hydroxylation sites is 1. The van der Waals surface area contributed by atoms with Gasteiger partial charge >= 0.3 is 0 Å². The van der Waals surface area contributed by atoms with Crippen molar-refractivity contribution < 1.29 is 4.79 Å². The molecule has 0 unspecified atom stereocenters. The number of amides is 1. The first-order valence-corrected chi connectivity index (χ1v) is 13.5. The van der Waals surface area contributed by atoms with Crippen LogP contribution in [0.15, 0.2) is 75.8 Å². The lowest BCUT2D eigenvalue weighted by Gasteiger charge is -2.29. The third-order valence-corrected chi connectivity index (χ3v) is 8.12. The molecule has 38 heavy (non-hydrogen) atoms. The molecular formula is C30H26N4O3S. The van der Waals surface area contributed by atoms with Gasteiger partial charge in [-0.1, -0.05) is 24.3 Å². The molecule has 5 aromatic rings. The normalized spacial score (nSPS) is 13.4. The first-order valence-electron chi connectivity index (χ1n) is 12.7. The molecule has 3 aromatic carbocycles. The Morgan fingerprint density at radius 1 is 1.05 bits per heavy atom. The minimum Gasteiger partial charge on any atom is -0.380 e. The van der Waals surface area contributed by atoms with E-state index < -0.39 is 10.9 Å². The molecule has 2 heterocycles. The highest BCUT2D eigenvalue weighted by Gasteiger charge is 2.28. The molecule has 1 saturated carbocycles. The van der Waals surface area contributed by atoms with Gasteiger partial charge in [-0.3, -0.25) is 19.4 Å². The molecule has 0 radical (unpaired) electrons. The minimum atomic E-state index is -0.480. The van der Waals surface area contributed by atoms with Gasteiger partial charge in [0.05, 0.1) is 22.5 Å². The first kappa shape index (κ1) is 24.1. The third-order valence-electron chi connectivity index (χ3n) is 7.21. The molecule has 2 aromatic heterocycles. The van der Waals surface area contributed by atoms with Gasteiger partial charge in [0.2, 0.25) is 10.9 Å². The van der Waals surface area contributed by atoms with Crippen LogP contribution in [0, 0.1) is 6.92 Å². The highest BCUT2D eigenvalue weighted by molar-refractivity contribution is 7.12. The SMILES string of the molecule is Cc1ccc(NC(=O)c2sccc2NCc2ccnc3ccccc23)cc1-c1c(NC2CCC2)c(=O)c1=O. The second-order valence-electron chi connectivity index (χ2n) is 9.67. The molecule has 0 spiro atoms. The van der Waals surface area contributed by atoms with Crippen LogP contribution in [-0.2, 0) is 6.54 Å². The predicted molar refractivity (Wildman–Crippen MR) is 154 cm³/mol. The van der Waals surface area contributed by atoms with Crippen molar-refractivity contribution in [3.63, 3.8) is 0 Å². The molecule has 0 aliphatic heterocycles. The Hall–Kier alpha value is -4.30. The fourth-order valence-electron chi connectivity index (χ4n) is 4.82. The van der Waals surface area contributed by atoms with Gasteiger partial charge in [-0.25, -0.2) is 0 Å². The lowest BCUT2D eigenvalue weighted by molar-refractivity contribution is 0.103. The number of nitrogens with zero attached hydrogens (tertiary/aromatic N) is 1. The number of thiophene rings is 1. The van der Waals surface area contributed by atoms with Crippen LogP contribution in [0.2, 0.25) is 0 Å². The topological polar surface area (TPSA) is 100 Å². The second kappa shape index (κ2) is 9.87. The molecule has 0 atom stereocenters. The molecular weight excluding hydrogens is 496 g/mol. The highest BCUT2D eigenvalue weighted by atomic mass is 32.1. The fraction of sp³-hybridized carbons (Fsp3) is 0.200. The van der Waals surface area contributed by atoms with Crippen molar-refractivity contribution in [1.82, 2.24) is 4.98 Å². The molecule has 1 aliphatic rings. The molecule has 7 nitrogen and oxygen atoms in total. The summed E-state index contributed by atoms with van der Waals surface area (Å²) in [5, 5.41) is 12.6. The number of rotatable bonds is 8. The van der Waals surface area contributed by atoms with E-state index >= 15 is 0 Å². The van der Waals surface area contributed by atoms with E-state index in [4.69, 9.17) is 0 Å². The Morgan fingerprint density at radius 2 is 1.89 bits per heavy atom. The number of aryl methyl sites for hydroxylation is 1. The van der Waals surface area contributed by atoms with Gasteiger partial charge in [0, 0.05) is 29.9 Å². The van der Waals surface area contributed by atoms with Crippen molar-refractivity contribution in [3.05, 3.63) is 103 Å². The van der Waals surface area contributed by atoms with E-state index in [0.29, 0.717) is 33.9 Å². The van der Waals surface area contributed by atoms with E-state index in [9.17, 15) is 14.4 Å². The zero-order valence-corrected chi connectivity index (χ0v) is 21.7. The molecule has 6 rings (SSSR count). The number of hydrogen-bond donors (Lipinski definition) is 3. The number of pyridine rings is 1. The Labute approximate surface area is 223 Å². The Balaban J connectivity index is 1.20. The van der Waals surface area contributed by atoms with Gasteiger partial charge in [0.1, 0.15) is 4.88 Å². The molecule has 1 amide bonds. The van der Waals surface area contributed by atoms with Crippen molar-refractivity contribution in [2.24, 2.45) is 0 Å². The summed E-state index contributed by atoms with van der Waals surface area (Å²) < 4.78 is 0. The van der Waals surface area contributed by atoms with Crippen LogP contribution in [0.25, 0.3) is 22.0 Å². The Morgan fingerprint density at radius 3 is 2.71 bits per heavy atom. The van der Waals surface area contributed by atoms with Crippen molar-refractivity contribution in [2.45, 2.75) is 38.8 Å². The number of aromatic nitrogens is 1. The first-order chi connectivity index (χ1) is 18.5. The zero-order chi connectivity index (χ0) is 26.2. The van der Waals surface area contributed by atoms with Crippen LogP contribution in [0.1, 0.15) is 40.1 Å². The van der Waals surface area contributed by atoms with E-state index in [1.165, 1.54) is 11.3 Å². The summed E-state index contributed by atoms with van der Waals surface area (Å²) in [7, 11) is 0. The summed E-state index contributed by atoms with van der Waals surface area (Å²) in [4.78, 5) is 43.0. The summed E-state index contributed by atoms with van der Waals surface area (Å²) in [5.74, 6) is -0.241. The molecule has 1 aliphatic carbocycles. The van der Waals surface area contributed by atoms with Gasteiger partial charge in [0.15, 0.2) is 0 Å². The molecule has 190 valence electrons. The van der Waals surface area contributed by atoms with Crippen molar-refractivity contribution in [3.8, 4) is 11.1 Å². The highest BCUT2D eigenvalue weighted by Crippen LogP contribution is 2.33. The van der Waals surface area contributed by atoms with E-state index in [1.807, 2.05) is 60.8 Å². The average Bonchev–Trinajstić information content (AvgIpc) is 3.38. The summed E-state index contributed by atoms with van der Waals surface area (Å²) >= 11 is 1.36. The number of anilines is 3. The summed E-state index contributed by atoms with van der Waals surface area (Å²) in [6.07, 6.45) is 4.92. The average molecular weight is 523 g/mol. The van der Waals surface area contributed by atoms with Crippen molar-refractivity contribution in [1.29, 1.82) is 0 Å². The van der Waals surface area contributed by atoms with Crippen molar-refractivity contribution >= 4 is 45.2 Å². The maximum absolute atomic E-state index is 13.2. The maximum atomic E-state index is 13.2.